The van der Waals surface area contributed by atoms with Gasteiger partial charge in [0.25, 0.3) is 0 Å². The maximum absolute atomic E-state index is 10.8. The summed E-state index contributed by atoms with van der Waals surface area (Å²) in [4.78, 5) is 10.8. The first-order chi connectivity index (χ1) is 6.83. The van der Waals surface area contributed by atoms with E-state index in [2.05, 4.69) is 5.18 Å². The molecule has 4 nitrogen and oxygen atoms in total. The molecule has 0 bridgehead atoms. The third kappa shape index (κ3) is 4.71. The maximum Gasteiger partial charge on any atom is 0.104 e. The summed E-state index contributed by atoms with van der Waals surface area (Å²) in [6.45, 7) is 7.80. The Bertz CT molecular complexity index is 195. The smallest absolute Gasteiger partial charge is 0.104 e. The van der Waals surface area contributed by atoms with E-state index in [1.165, 1.54) is 0 Å². The molecule has 0 saturated carbocycles. The Hall–Kier alpha value is -0.480. The Morgan fingerprint density at radius 2 is 1.93 bits per heavy atom. The molecule has 0 spiro atoms. The topological polar surface area (TPSA) is 75.7 Å². The zero-order valence-corrected chi connectivity index (χ0v) is 10.2. The molecule has 15 heavy (non-hydrogen) atoms. The lowest BCUT2D eigenvalue weighted by atomic mass is 9.83. The van der Waals surface area contributed by atoms with Gasteiger partial charge in [-0.2, -0.15) is 4.91 Å². The van der Waals surface area contributed by atoms with Crippen LogP contribution < -0.4 is 5.73 Å². The van der Waals surface area contributed by atoms with E-state index in [-0.39, 0.29) is 11.8 Å². The van der Waals surface area contributed by atoms with Crippen LogP contribution >= 0.6 is 0 Å². The van der Waals surface area contributed by atoms with E-state index in [9.17, 15) is 4.91 Å². The van der Waals surface area contributed by atoms with Crippen LogP contribution in [0.3, 0.4) is 0 Å². The zero-order valence-electron chi connectivity index (χ0n) is 10.2. The molecule has 0 aromatic heterocycles. The summed E-state index contributed by atoms with van der Waals surface area (Å²) >= 11 is 0. The first-order valence-electron chi connectivity index (χ1n) is 5.61. The van der Waals surface area contributed by atoms with Gasteiger partial charge in [-0.25, -0.2) is 0 Å². The predicted octanol–water partition coefficient (Wildman–Crippen LogP) is 2.25. The van der Waals surface area contributed by atoms with Gasteiger partial charge in [0, 0.05) is 0 Å². The highest BCUT2D eigenvalue weighted by atomic mass is 16.3. The van der Waals surface area contributed by atoms with Crippen LogP contribution in [0.15, 0.2) is 5.18 Å². The number of nitroso groups, excluding NO2 is 1. The van der Waals surface area contributed by atoms with Crippen LogP contribution in [-0.4, -0.2) is 16.9 Å². The van der Waals surface area contributed by atoms with E-state index in [1.807, 2.05) is 27.7 Å². The summed E-state index contributed by atoms with van der Waals surface area (Å²) in [5.74, 6) is 0.321. The van der Waals surface area contributed by atoms with Crippen LogP contribution in [0.2, 0.25) is 0 Å². The van der Waals surface area contributed by atoms with Crippen molar-refractivity contribution in [2.24, 2.45) is 22.7 Å². The molecule has 90 valence electrons. The van der Waals surface area contributed by atoms with Crippen LogP contribution in [0.5, 0.6) is 0 Å². The summed E-state index contributed by atoms with van der Waals surface area (Å²) in [6.07, 6.45) is 1.69. The molecule has 0 aliphatic heterocycles. The van der Waals surface area contributed by atoms with Gasteiger partial charge in [0.1, 0.15) is 11.8 Å². The normalized spacial score (nSPS) is 19.7. The lowest BCUT2D eigenvalue weighted by Gasteiger charge is -2.26. The van der Waals surface area contributed by atoms with Crippen molar-refractivity contribution in [1.82, 2.24) is 0 Å². The average Bonchev–Trinajstić information content (AvgIpc) is 2.16. The van der Waals surface area contributed by atoms with Crippen LogP contribution in [0, 0.1) is 16.7 Å². The van der Waals surface area contributed by atoms with Crippen molar-refractivity contribution >= 4 is 0 Å². The molecule has 0 aromatic carbocycles. The Labute approximate surface area is 92.2 Å². The second-order valence-corrected chi connectivity index (χ2v) is 4.96. The lowest BCUT2D eigenvalue weighted by Crippen LogP contribution is -2.30. The summed E-state index contributed by atoms with van der Waals surface area (Å²) in [5, 5.41) is 12.3. The lowest BCUT2D eigenvalue weighted by molar-refractivity contribution is 0.115. The molecule has 3 atom stereocenters. The Morgan fingerprint density at radius 1 is 1.40 bits per heavy atom. The van der Waals surface area contributed by atoms with Gasteiger partial charge in [-0.3, -0.25) is 0 Å². The molecule has 0 fully saturated rings. The second-order valence-electron chi connectivity index (χ2n) is 4.96. The minimum Gasteiger partial charge on any atom is -0.379 e. The molecule has 2 unspecified atom stereocenters. The van der Waals surface area contributed by atoms with Crippen molar-refractivity contribution in [1.29, 1.82) is 0 Å². The summed E-state index contributed by atoms with van der Waals surface area (Å²) in [5.41, 5.74) is 4.86. The van der Waals surface area contributed by atoms with Gasteiger partial charge in [0.05, 0.1) is 0 Å². The fourth-order valence-electron chi connectivity index (χ4n) is 1.39. The highest BCUT2D eigenvalue weighted by molar-refractivity contribution is 4.85. The van der Waals surface area contributed by atoms with Gasteiger partial charge in [0.2, 0.25) is 0 Å². The third-order valence-electron chi connectivity index (χ3n) is 3.38. The fraction of sp³-hybridized carbons (Fsp3) is 1.00. The second kappa shape index (κ2) is 6.18. The van der Waals surface area contributed by atoms with Crippen molar-refractivity contribution in [2.75, 3.05) is 0 Å². The minimum atomic E-state index is -0.764. The van der Waals surface area contributed by atoms with Crippen molar-refractivity contribution in [2.45, 2.75) is 58.7 Å². The van der Waals surface area contributed by atoms with Crippen molar-refractivity contribution in [3.8, 4) is 0 Å². The standard InChI is InChI=1S/C11H24N2O2/c1-8(2)11(4,13-15)7-5-6-9(3)10(12)14/h8-10,14H,5-7,12H2,1-4H3/t9?,10?,11-/m1/s1. The van der Waals surface area contributed by atoms with Gasteiger partial charge in [0.15, 0.2) is 0 Å². The quantitative estimate of drug-likeness (QED) is 0.506. The Morgan fingerprint density at radius 3 is 2.27 bits per heavy atom. The SMILES string of the molecule is CC(CCC[C@@](C)(N=O)C(C)C)C(N)O. The van der Waals surface area contributed by atoms with Crippen LogP contribution in [0.25, 0.3) is 0 Å². The molecule has 0 saturated heterocycles. The van der Waals surface area contributed by atoms with Crippen LogP contribution in [0.1, 0.15) is 47.0 Å². The molecular formula is C11H24N2O2. The van der Waals surface area contributed by atoms with E-state index in [4.69, 9.17) is 10.8 Å². The van der Waals surface area contributed by atoms with E-state index in [1.54, 1.807) is 0 Å². The molecule has 0 radical (unpaired) electrons. The Kier molecular flexibility index (Phi) is 5.98. The summed E-state index contributed by atoms with van der Waals surface area (Å²) < 4.78 is 0. The van der Waals surface area contributed by atoms with Crippen LogP contribution in [0.4, 0.5) is 0 Å². The van der Waals surface area contributed by atoms with Gasteiger partial charge in [-0.1, -0.05) is 32.4 Å². The zero-order chi connectivity index (χ0) is 12.1. The Balaban J connectivity index is 3.98. The molecule has 3 N–H and O–H groups in total. The molecule has 0 aromatic rings. The van der Waals surface area contributed by atoms with Crippen molar-refractivity contribution in [3.63, 3.8) is 0 Å². The minimum absolute atomic E-state index is 0.0769. The third-order valence-corrected chi connectivity index (χ3v) is 3.38. The maximum atomic E-state index is 10.8. The predicted molar refractivity (Wildman–Crippen MR) is 62.2 cm³/mol. The summed E-state index contributed by atoms with van der Waals surface area (Å²) in [7, 11) is 0. The van der Waals surface area contributed by atoms with E-state index in [0.717, 1.165) is 19.3 Å². The van der Waals surface area contributed by atoms with Gasteiger partial charge in [-0.05, 0) is 31.6 Å². The van der Waals surface area contributed by atoms with Gasteiger partial charge in [-0.15, -0.1) is 0 Å². The van der Waals surface area contributed by atoms with Crippen molar-refractivity contribution in [3.05, 3.63) is 4.91 Å². The number of nitrogens with zero attached hydrogens (tertiary/aromatic N) is 1. The molecule has 0 aliphatic rings. The van der Waals surface area contributed by atoms with E-state index >= 15 is 0 Å². The number of hydrogen-bond donors (Lipinski definition) is 2. The first-order valence-corrected chi connectivity index (χ1v) is 5.61. The molecular weight excluding hydrogens is 192 g/mol. The van der Waals surface area contributed by atoms with E-state index in [0.29, 0.717) is 0 Å². The largest absolute Gasteiger partial charge is 0.379 e. The summed E-state index contributed by atoms with van der Waals surface area (Å²) in [6, 6.07) is 0. The average molecular weight is 216 g/mol. The number of aliphatic hydroxyl groups excluding tert-OH is 1. The van der Waals surface area contributed by atoms with Crippen LogP contribution in [-0.2, 0) is 0 Å². The number of rotatable bonds is 7. The highest BCUT2D eigenvalue weighted by Gasteiger charge is 2.29. The van der Waals surface area contributed by atoms with E-state index < -0.39 is 11.8 Å². The molecule has 0 amide bonds. The molecule has 0 rings (SSSR count). The highest BCUT2D eigenvalue weighted by Crippen LogP contribution is 2.28. The van der Waals surface area contributed by atoms with Gasteiger partial charge >= 0.3 is 0 Å². The monoisotopic (exact) mass is 216 g/mol. The molecule has 0 aliphatic carbocycles. The van der Waals surface area contributed by atoms with Crippen molar-refractivity contribution < 1.29 is 5.11 Å². The number of nitrogens with two attached hydrogens (primary N) is 1. The number of hydrogen-bond acceptors (Lipinski definition) is 4. The first kappa shape index (κ1) is 14.5. The molecule has 0 heterocycles. The van der Waals surface area contributed by atoms with Gasteiger partial charge < -0.3 is 10.8 Å². The number of aliphatic hydroxyl groups is 1. The fourth-order valence-corrected chi connectivity index (χ4v) is 1.39. The molecule has 4 heteroatoms.